The third kappa shape index (κ3) is 2.90. The van der Waals surface area contributed by atoms with Gasteiger partial charge in [-0.15, -0.1) is 0 Å². The van der Waals surface area contributed by atoms with Gasteiger partial charge < -0.3 is 9.80 Å². The van der Waals surface area contributed by atoms with Gasteiger partial charge in [-0.2, -0.15) is 0 Å². The Kier molecular flexibility index (Phi) is 4.35. The van der Waals surface area contributed by atoms with Gasteiger partial charge in [0, 0.05) is 36.8 Å². The van der Waals surface area contributed by atoms with Gasteiger partial charge in [0.1, 0.15) is 0 Å². The highest BCUT2D eigenvalue weighted by Crippen LogP contribution is 2.16. The molecule has 0 bridgehead atoms. The van der Waals surface area contributed by atoms with E-state index in [0.717, 1.165) is 42.9 Å². The Morgan fingerprint density at radius 1 is 1.39 bits per heavy atom. The van der Waals surface area contributed by atoms with Crippen molar-refractivity contribution in [2.75, 3.05) is 32.7 Å². The maximum atomic E-state index is 12.4. The van der Waals surface area contributed by atoms with Gasteiger partial charge in [0.05, 0.1) is 11.3 Å². The summed E-state index contributed by atoms with van der Waals surface area (Å²) in [7, 11) is 0. The van der Waals surface area contributed by atoms with E-state index in [1.54, 1.807) is 6.20 Å². The second-order valence-corrected chi connectivity index (χ2v) is 5.43. The highest BCUT2D eigenvalue weighted by molar-refractivity contribution is 9.10. The lowest BCUT2D eigenvalue weighted by atomic mass is 10.1. The Balaban J connectivity index is 2.10. The Morgan fingerprint density at radius 2 is 2.06 bits per heavy atom. The zero-order valence-corrected chi connectivity index (χ0v) is 12.4. The number of piperazine rings is 1. The molecule has 1 aromatic heterocycles. The van der Waals surface area contributed by atoms with Gasteiger partial charge in [-0.1, -0.05) is 6.92 Å². The van der Waals surface area contributed by atoms with E-state index in [9.17, 15) is 4.79 Å². The summed E-state index contributed by atoms with van der Waals surface area (Å²) in [6.45, 7) is 8.62. The van der Waals surface area contributed by atoms with Crippen LogP contribution in [0.2, 0.25) is 0 Å². The molecule has 1 amide bonds. The summed E-state index contributed by atoms with van der Waals surface area (Å²) < 4.78 is 0.851. The number of rotatable bonds is 2. The van der Waals surface area contributed by atoms with Gasteiger partial charge >= 0.3 is 0 Å². The number of aromatic nitrogens is 1. The molecular weight excluding hydrogens is 294 g/mol. The number of carbonyl (C=O) groups excluding carboxylic acids is 1. The maximum absolute atomic E-state index is 12.4. The molecule has 98 valence electrons. The Hall–Kier alpha value is -0.940. The van der Waals surface area contributed by atoms with Crippen LogP contribution in [-0.2, 0) is 0 Å². The molecular formula is C13H18BrN3O. The average Bonchev–Trinajstić information content (AvgIpc) is 2.41. The zero-order chi connectivity index (χ0) is 13.1. The number of likely N-dealkylation sites (N-methyl/N-ethyl adjacent to an activating group) is 1. The van der Waals surface area contributed by atoms with Gasteiger partial charge in [0.2, 0.25) is 0 Å². The molecule has 18 heavy (non-hydrogen) atoms. The van der Waals surface area contributed by atoms with Crippen LogP contribution in [0.1, 0.15) is 23.0 Å². The van der Waals surface area contributed by atoms with Crippen molar-refractivity contribution in [2.45, 2.75) is 13.8 Å². The minimum absolute atomic E-state index is 0.0945. The van der Waals surface area contributed by atoms with Crippen LogP contribution >= 0.6 is 15.9 Å². The second-order valence-electron chi connectivity index (χ2n) is 4.51. The molecule has 0 unspecified atom stereocenters. The first-order chi connectivity index (χ1) is 8.61. The summed E-state index contributed by atoms with van der Waals surface area (Å²) in [5, 5.41) is 0. The van der Waals surface area contributed by atoms with E-state index >= 15 is 0 Å². The van der Waals surface area contributed by atoms with Crippen molar-refractivity contribution < 1.29 is 4.79 Å². The van der Waals surface area contributed by atoms with Crippen LogP contribution in [0.5, 0.6) is 0 Å². The molecule has 1 fully saturated rings. The number of aryl methyl sites for hydroxylation is 1. The van der Waals surface area contributed by atoms with Crippen molar-refractivity contribution in [1.82, 2.24) is 14.8 Å². The van der Waals surface area contributed by atoms with E-state index in [1.807, 2.05) is 17.9 Å². The number of hydrogen-bond donors (Lipinski definition) is 0. The highest BCUT2D eigenvalue weighted by atomic mass is 79.9. The molecule has 1 saturated heterocycles. The third-order valence-corrected chi connectivity index (χ3v) is 3.82. The molecule has 4 nitrogen and oxygen atoms in total. The lowest BCUT2D eigenvalue weighted by Crippen LogP contribution is -2.48. The molecule has 0 aromatic carbocycles. The van der Waals surface area contributed by atoms with Crippen LogP contribution in [0, 0.1) is 6.92 Å². The topological polar surface area (TPSA) is 36.4 Å². The standard InChI is InChI=1S/C13H18BrN3O/c1-3-16-4-6-17(7-5-16)13(18)12-8-11(14)9-15-10(12)2/h8-9H,3-7H2,1-2H3. The van der Waals surface area contributed by atoms with Crippen molar-refractivity contribution in [3.63, 3.8) is 0 Å². The molecule has 0 N–H and O–H groups in total. The Morgan fingerprint density at radius 3 is 2.67 bits per heavy atom. The van der Waals surface area contributed by atoms with Crippen LogP contribution in [-0.4, -0.2) is 53.4 Å². The molecule has 2 heterocycles. The predicted molar refractivity (Wildman–Crippen MR) is 74.7 cm³/mol. The fraction of sp³-hybridized carbons (Fsp3) is 0.538. The first-order valence-electron chi connectivity index (χ1n) is 6.25. The summed E-state index contributed by atoms with van der Waals surface area (Å²) in [5.41, 5.74) is 1.50. The van der Waals surface area contributed by atoms with Crippen LogP contribution < -0.4 is 0 Å². The zero-order valence-electron chi connectivity index (χ0n) is 10.8. The number of nitrogens with zero attached hydrogens (tertiary/aromatic N) is 3. The van der Waals surface area contributed by atoms with E-state index in [2.05, 4.69) is 32.7 Å². The Labute approximate surface area is 116 Å². The monoisotopic (exact) mass is 311 g/mol. The molecule has 1 aliphatic heterocycles. The molecule has 0 radical (unpaired) electrons. The summed E-state index contributed by atoms with van der Waals surface area (Å²) in [5.74, 6) is 0.0945. The molecule has 0 atom stereocenters. The molecule has 2 rings (SSSR count). The van der Waals surface area contributed by atoms with E-state index in [4.69, 9.17) is 0 Å². The molecule has 0 aliphatic carbocycles. The summed E-state index contributed by atoms with van der Waals surface area (Å²) >= 11 is 3.37. The molecule has 1 aromatic rings. The largest absolute Gasteiger partial charge is 0.336 e. The number of pyridine rings is 1. The van der Waals surface area contributed by atoms with E-state index in [1.165, 1.54) is 0 Å². The van der Waals surface area contributed by atoms with Crippen molar-refractivity contribution >= 4 is 21.8 Å². The van der Waals surface area contributed by atoms with Crippen molar-refractivity contribution in [3.05, 3.63) is 28.0 Å². The lowest BCUT2D eigenvalue weighted by Gasteiger charge is -2.34. The van der Waals surface area contributed by atoms with Gasteiger partial charge in [-0.05, 0) is 35.5 Å². The van der Waals surface area contributed by atoms with Crippen LogP contribution in [0.3, 0.4) is 0 Å². The minimum atomic E-state index is 0.0945. The molecule has 5 heteroatoms. The first-order valence-corrected chi connectivity index (χ1v) is 7.05. The van der Waals surface area contributed by atoms with Gasteiger partial charge in [-0.3, -0.25) is 9.78 Å². The van der Waals surface area contributed by atoms with E-state index in [0.29, 0.717) is 5.56 Å². The minimum Gasteiger partial charge on any atom is -0.336 e. The molecule has 0 saturated carbocycles. The number of hydrogen-bond acceptors (Lipinski definition) is 3. The van der Waals surface area contributed by atoms with Crippen LogP contribution in [0.15, 0.2) is 16.7 Å². The van der Waals surface area contributed by atoms with Crippen molar-refractivity contribution in [1.29, 1.82) is 0 Å². The number of carbonyl (C=O) groups is 1. The molecule has 0 spiro atoms. The lowest BCUT2D eigenvalue weighted by molar-refractivity contribution is 0.0642. The van der Waals surface area contributed by atoms with E-state index < -0.39 is 0 Å². The van der Waals surface area contributed by atoms with Gasteiger partial charge in [-0.25, -0.2) is 0 Å². The fourth-order valence-electron chi connectivity index (χ4n) is 2.16. The van der Waals surface area contributed by atoms with Gasteiger partial charge in [0.15, 0.2) is 0 Å². The van der Waals surface area contributed by atoms with Crippen molar-refractivity contribution in [3.8, 4) is 0 Å². The smallest absolute Gasteiger partial charge is 0.255 e. The quantitative estimate of drug-likeness (QED) is 0.837. The predicted octanol–water partition coefficient (Wildman–Crippen LogP) is 1.93. The number of amides is 1. The van der Waals surface area contributed by atoms with Crippen molar-refractivity contribution in [2.24, 2.45) is 0 Å². The third-order valence-electron chi connectivity index (χ3n) is 3.39. The van der Waals surface area contributed by atoms with Gasteiger partial charge in [0.25, 0.3) is 5.91 Å². The first kappa shape index (κ1) is 13.5. The van der Waals surface area contributed by atoms with Crippen LogP contribution in [0.25, 0.3) is 0 Å². The normalized spacial score (nSPS) is 16.9. The Bertz CT molecular complexity index is 442. The highest BCUT2D eigenvalue weighted by Gasteiger charge is 2.22. The summed E-state index contributed by atoms with van der Waals surface area (Å²) in [6, 6.07) is 1.86. The maximum Gasteiger partial charge on any atom is 0.255 e. The fourth-order valence-corrected chi connectivity index (χ4v) is 2.49. The summed E-state index contributed by atoms with van der Waals surface area (Å²) in [6.07, 6.45) is 1.72. The second kappa shape index (κ2) is 5.80. The number of halogens is 1. The average molecular weight is 312 g/mol. The summed E-state index contributed by atoms with van der Waals surface area (Å²) in [4.78, 5) is 20.9. The SMILES string of the molecule is CCN1CCN(C(=O)c2cc(Br)cnc2C)CC1. The molecule has 1 aliphatic rings. The van der Waals surface area contributed by atoms with E-state index in [-0.39, 0.29) is 5.91 Å². The van der Waals surface area contributed by atoms with Crippen LogP contribution in [0.4, 0.5) is 0 Å².